The zero-order valence-electron chi connectivity index (χ0n) is 10.1. The second-order valence-electron chi connectivity index (χ2n) is 4.88. The van der Waals surface area contributed by atoms with E-state index in [2.05, 4.69) is 9.12 Å². The van der Waals surface area contributed by atoms with Crippen LogP contribution in [0.3, 0.4) is 0 Å². The summed E-state index contributed by atoms with van der Waals surface area (Å²) in [7, 11) is -3.76. The molecular weight excluding hydrogens is 268 g/mol. The van der Waals surface area contributed by atoms with Crippen molar-refractivity contribution in [2.24, 2.45) is 15.9 Å². The fraction of sp³-hybridized carbons (Fsp3) is 0.364. The fourth-order valence-corrected chi connectivity index (χ4v) is 2.71. The Morgan fingerprint density at radius 2 is 2.16 bits per heavy atom. The van der Waals surface area contributed by atoms with Gasteiger partial charge in [0.25, 0.3) is 0 Å². The van der Waals surface area contributed by atoms with Gasteiger partial charge in [-0.05, 0) is 25.0 Å². The molecule has 1 aromatic carbocycles. The molecule has 0 amide bonds. The van der Waals surface area contributed by atoms with Crippen molar-refractivity contribution < 1.29 is 13.2 Å². The summed E-state index contributed by atoms with van der Waals surface area (Å²) < 4.78 is 34.2. The van der Waals surface area contributed by atoms with E-state index in [4.69, 9.17) is 16.2 Å². The van der Waals surface area contributed by atoms with Gasteiger partial charge in [-0.3, -0.25) is 4.72 Å². The van der Waals surface area contributed by atoms with Crippen molar-refractivity contribution in [3.8, 4) is 5.75 Å². The van der Waals surface area contributed by atoms with E-state index in [1.165, 1.54) is 0 Å². The molecule has 1 fully saturated rings. The number of rotatable bonds is 3. The molecule has 2 aliphatic rings. The maximum Gasteiger partial charge on any atom is 0.344 e. The number of amidine groups is 1. The Kier molecular flexibility index (Phi) is 2.48. The molecule has 5 N–H and O–H groups in total. The van der Waals surface area contributed by atoms with Crippen LogP contribution in [-0.2, 0) is 10.2 Å². The van der Waals surface area contributed by atoms with Crippen molar-refractivity contribution in [1.82, 2.24) is 0 Å². The van der Waals surface area contributed by atoms with Crippen LogP contribution in [0.1, 0.15) is 18.4 Å². The minimum atomic E-state index is -3.76. The number of fused-ring (bicyclic) bond motifs is 1. The third-order valence-electron chi connectivity index (χ3n) is 3.15. The Balaban J connectivity index is 1.95. The molecule has 1 aromatic rings. The first kappa shape index (κ1) is 12.2. The van der Waals surface area contributed by atoms with Gasteiger partial charge in [0.1, 0.15) is 12.4 Å². The Morgan fingerprint density at radius 3 is 2.84 bits per heavy atom. The second-order valence-corrected chi connectivity index (χ2v) is 6.22. The van der Waals surface area contributed by atoms with Crippen molar-refractivity contribution in [2.45, 2.75) is 18.4 Å². The van der Waals surface area contributed by atoms with Gasteiger partial charge >= 0.3 is 10.2 Å². The molecule has 7 nitrogen and oxygen atoms in total. The SMILES string of the molecule is NC1=NS(=O)(=O)Nc2cccc(OCC3(N)CC3)c21. The number of benzene rings is 1. The molecule has 0 spiro atoms. The van der Waals surface area contributed by atoms with E-state index >= 15 is 0 Å². The fourth-order valence-electron chi connectivity index (χ4n) is 1.86. The Hall–Kier alpha value is -1.80. The molecule has 0 unspecified atom stereocenters. The summed E-state index contributed by atoms with van der Waals surface area (Å²) in [6.45, 7) is 0.378. The van der Waals surface area contributed by atoms with Crippen LogP contribution in [0.25, 0.3) is 0 Å². The molecule has 8 heteroatoms. The van der Waals surface area contributed by atoms with Crippen LogP contribution in [-0.4, -0.2) is 26.4 Å². The second kappa shape index (κ2) is 3.84. The summed E-state index contributed by atoms with van der Waals surface area (Å²) in [4.78, 5) is 0. The normalized spacial score (nSPS) is 21.8. The first-order chi connectivity index (χ1) is 8.89. The lowest BCUT2D eigenvalue weighted by molar-refractivity contribution is 0.279. The highest BCUT2D eigenvalue weighted by Crippen LogP contribution is 2.35. The third-order valence-corrected chi connectivity index (χ3v) is 4.06. The van der Waals surface area contributed by atoms with Gasteiger partial charge in [0, 0.05) is 0 Å². The van der Waals surface area contributed by atoms with Crippen LogP contribution in [0.2, 0.25) is 0 Å². The van der Waals surface area contributed by atoms with Gasteiger partial charge in [0.2, 0.25) is 0 Å². The van der Waals surface area contributed by atoms with E-state index in [9.17, 15) is 8.42 Å². The molecule has 0 radical (unpaired) electrons. The average Bonchev–Trinajstić information content (AvgIpc) is 3.03. The first-order valence-corrected chi connectivity index (χ1v) is 7.26. The largest absolute Gasteiger partial charge is 0.491 e. The Bertz CT molecular complexity index is 665. The number of nitrogens with one attached hydrogen (secondary N) is 1. The van der Waals surface area contributed by atoms with E-state index in [0.29, 0.717) is 23.6 Å². The zero-order valence-corrected chi connectivity index (χ0v) is 10.9. The van der Waals surface area contributed by atoms with Crippen LogP contribution < -0.4 is 20.9 Å². The van der Waals surface area contributed by atoms with E-state index in [0.717, 1.165) is 12.8 Å². The summed E-state index contributed by atoms with van der Waals surface area (Å²) in [6.07, 6.45) is 1.86. The Morgan fingerprint density at radius 1 is 1.42 bits per heavy atom. The molecule has 1 saturated carbocycles. The van der Waals surface area contributed by atoms with Crippen LogP contribution in [0.15, 0.2) is 22.6 Å². The average molecular weight is 282 g/mol. The molecule has 1 aliphatic heterocycles. The maximum atomic E-state index is 11.4. The summed E-state index contributed by atoms with van der Waals surface area (Å²) in [5.74, 6) is 0.407. The molecule has 19 heavy (non-hydrogen) atoms. The Labute approximate surface area is 110 Å². The monoisotopic (exact) mass is 282 g/mol. The van der Waals surface area contributed by atoms with Gasteiger partial charge in [-0.1, -0.05) is 6.07 Å². The summed E-state index contributed by atoms with van der Waals surface area (Å²) in [5.41, 5.74) is 12.2. The van der Waals surface area contributed by atoms with Gasteiger partial charge in [0.05, 0.1) is 16.8 Å². The van der Waals surface area contributed by atoms with E-state index in [-0.39, 0.29) is 11.4 Å². The number of ether oxygens (including phenoxy) is 1. The topological polar surface area (TPSA) is 120 Å². The zero-order chi connectivity index (χ0) is 13.7. The molecule has 0 bridgehead atoms. The van der Waals surface area contributed by atoms with Gasteiger partial charge in [0.15, 0.2) is 5.84 Å². The first-order valence-electron chi connectivity index (χ1n) is 5.82. The van der Waals surface area contributed by atoms with Crippen LogP contribution in [0.4, 0.5) is 5.69 Å². The predicted octanol–water partition coefficient (Wildman–Crippen LogP) is -0.0677. The quantitative estimate of drug-likeness (QED) is 0.717. The van der Waals surface area contributed by atoms with Gasteiger partial charge in [-0.2, -0.15) is 8.42 Å². The highest BCUT2D eigenvalue weighted by molar-refractivity contribution is 7.91. The van der Waals surface area contributed by atoms with Crippen molar-refractivity contribution in [2.75, 3.05) is 11.3 Å². The lowest BCUT2D eigenvalue weighted by Crippen LogP contribution is -2.31. The minimum absolute atomic E-state index is 0.0776. The molecule has 1 aliphatic carbocycles. The third kappa shape index (κ3) is 2.36. The van der Waals surface area contributed by atoms with Gasteiger partial charge in [-0.25, -0.2) is 0 Å². The van der Waals surface area contributed by atoms with Crippen molar-refractivity contribution >= 4 is 21.7 Å². The van der Waals surface area contributed by atoms with Crippen molar-refractivity contribution in [3.05, 3.63) is 23.8 Å². The molecular formula is C11H14N4O3S. The smallest absolute Gasteiger partial charge is 0.344 e. The van der Waals surface area contributed by atoms with Crippen LogP contribution in [0, 0.1) is 0 Å². The van der Waals surface area contributed by atoms with Crippen molar-refractivity contribution in [3.63, 3.8) is 0 Å². The van der Waals surface area contributed by atoms with Gasteiger partial charge < -0.3 is 16.2 Å². The van der Waals surface area contributed by atoms with Gasteiger partial charge in [-0.15, -0.1) is 4.40 Å². The van der Waals surface area contributed by atoms with E-state index in [1.54, 1.807) is 18.2 Å². The van der Waals surface area contributed by atoms with Crippen LogP contribution in [0.5, 0.6) is 5.75 Å². The summed E-state index contributed by atoms with van der Waals surface area (Å²) in [6, 6.07) is 5.01. The van der Waals surface area contributed by atoms with E-state index in [1.807, 2.05) is 0 Å². The maximum absolute atomic E-state index is 11.4. The molecule has 3 rings (SSSR count). The molecule has 0 aromatic heterocycles. The minimum Gasteiger partial charge on any atom is -0.491 e. The lowest BCUT2D eigenvalue weighted by atomic mass is 10.1. The molecule has 0 atom stereocenters. The number of hydrogen-bond donors (Lipinski definition) is 3. The molecule has 1 heterocycles. The highest BCUT2D eigenvalue weighted by Gasteiger charge is 2.39. The van der Waals surface area contributed by atoms with Crippen molar-refractivity contribution in [1.29, 1.82) is 0 Å². The molecule has 0 saturated heterocycles. The van der Waals surface area contributed by atoms with Crippen LogP contribution >= 0.6 is 0 Å². The highest BCUT2D eigenvalue weighted by atomic mass is 32.2. The number of nitrogens with two attached hydrogens (primary N) is 2. The standard InChI is InChI=1S/C11H14N4O3S/c12-10-9-7(14-19(16,17)15-10)2-1-3-8(9)18-6-11(13)4-5-11/h1-3,14H,4-6,13H2,(H2,12,15). The summed E-state index contributed by atoms with van der Waals surface area (Å²) in [5, 5.41) is 0. The lowest BCUT2D eigenvalue weighted by Gasteiger charge is -2.20. The summed E-state index contributed by atoms with van der Waals surface area (Å²) >= 11 is 0. The molecule has 102 valence electrons. The van der Waals surface area contributed by atoms with E-state index < -0.39 is 10.2 Å². The predicted molar refractivity (Wildman–Crippen MR) is 71.4 cm³/mol. The number of anilines is 1. The number of hydrogen-bond acceptors (Lipinski definition) is 5. The number of nitrogens with zero attached hydrogens (tertiary/aromatic N) is 1.